The molecule has 2 fully saturated rings. The first kappa shape index (κ1) is 15.7. The van der Waals surface area contributed by atoms with Crippen LogP contribution in [0.1, 0.15) is 40.9 Å². The van der Waals surface area contributed by atoms with E-state index in [1.165, 1.54) is 17.7 Å². The molecule has 2 aromatic rings. The summed E-state index contributed by atoms with van der Waals surface area (Å²) in [6.07, 6.45) is 4.56. The smallest absolute Gasteiger partial charge is 0.251 e. The van der Waals surface area contributed by atoms with Crippen LogP contribution in [0.5, 0.6) is 5.75 Å². The number of carbonyl (C=O) groups is 1. The number of benzene rings is 1. The number of amides is 1. The summed E-state index contributed by atoms with van der Waals surface area (Å²) in [6, 6.07) is 13.0. The van der Waals surface area contributed by atoms with Crippen molar-refractivity contribution in [1.29, 1.82) is 0 Å². The van der Waals surface area contributed by atoms with E-state index in [1.807, 2.05) is 41.8 Å². The highest BCUT2D eigenvalue weighted by molar-refractivity contribution is 7.09. The van der Waals surface area contributed by atoms with Crippen LogP contribution >= 0.6 is 11.3 Å². The van der Waals surface area contributed by atoms with E-state index < -0.39 is 0 Å². The van der Waals surface area contributed by atoms with E-state index >= 15 is 0 Å². The largest absolute Gasteiger partial charge is 0.488 e. The second kappa shape index (κ2) is 6.95. The van der Waals surface area contributed by atoms with Crippen LogP contribution in [0.4, 0.5) is 0 Å². The van der Waals surface area contributed by atoms with Crippen LogP contribution in [0.25, 0.3) is 0 Å². The number of piperidine rings is 1. The average Bonchev–Trinajstić information content (AvgIpc) is 3.23. The van der Waals surface area contributed by atoms with E-state index in [2.05, 4.69) is 10.6 Å². The molecule has 2 unspecified atom stereocenters. The molecule has 1 aromatic heterocycles. The van der Waals surface area contributed by atoms with Gasteiger partial charge in [-0.25, -0.2) is 0 Å². The summed E-state index contributed by atoms with van der Waals surface area (Å²) in [7, 11) is 0. The lowest BCUT2D eigenvalue weighted by Crippen LogP contribution is -2.48. The van der Waals surface area contributed by atoms with E-state index in [9.17, 15) is 4.79 Å². The minimum absolute atomic E-state index is 0.00266. The Morgan fingerprint density at radius 2 is 2.04 bits per heavy atom. The molecule has 5 heteroatoms. The van der Waals surface area contributed by atoms with Crippen molar-refractivity contribution >= 4 is 17.2 Å². The van der Waals surface area contributed by atoms with Gasteiger partial charge in [-0.1, -0.05) is 12.1 Å². The Morgan fingerprint density at radius 1 is 1.21 bits per heavy atom. The molecule has 0 saturated carbocycles. The molecule has 2 saturated heterocycles. The van der Waals surface area contributed by atoms with Crippen molar-refractivity contribution < 1.29 is 9.53 Å². The minimum Gasteiger partial charge on any atom is -0.488 e. The third-order valence-electron chi connectivity index (χ3n) is 4.87. The molecule has 2 aliphatic heterocycles. The van der Waals surface area contributed by atoms with Gasteiger partial charge in [-0.2, -0.15) is 0 Å². The molecule has 2 bridgehead atoms. The fourth-order valence-electron chi connectivity index (χ4n) is 3.72. The molecule has 24 heavy (non-hydrogen) atoms. The molecule has 3 heterocycles. The van der Waals surface area contributed by atoms with Gasteiger partial charge in [-0.3, -0.25) is 4.79 Å². The second-order valence-electron chi connectivity index (χ2n) is 6.68. The Kier molecular flexibility index (Phi) is 4.54. The molecule has 2 aliphatic rings. The van der Waals surface area contributed by atoms with Crippen LogP contribution in [0.2, 0.25) is 0 Å². The molecular formula is C19H22N2O2S. The average molecular weight is 342 g/mol. The Balaban J connectivity index is 1.36. The standard InChI is InChI=1S/C19H22N2O2S/c22-19(21-16-10-14-6-7-15(11-16)20-14)13-3-1-4-17(9-13)23-12-18-5-2-8-24-18/h1-5,8-9,14-16,20H,6-7,10-12H2,(H,21,22). The zero-order valence-electron chi connectivity index (χ0n) is 13.5. The molecule has 4 nitrogen and oxygen atoms in total. The number of nitrogens with one attached hydrogen (secondary N) is 2. The lowest BCUT2D eigenvalue weighted by molar-refractivity contribution is 0.0923. The second-order valence-corrected chi connectivity index (χ2v) is 7.71. The number of ether oxygens (including phenoxy) is 1. The SMILES string of the molecule is O=C(NC1CC2CCC(C1)N2)c1cccc(OCc2cccs2)c1. The molecule has 1 amide bonds. The van der Waals surface area contributed by atoms with Gasteiger partial charge in [0.15, 0.2) is 0 Å². The molecule has 2 N–H and O–H groups in total. The number of hydrogen-bond acceptors (Lipinski definition) is 4. The Labute approximate surface area is 146 Å². The zero-order valence-corrected chi connectivity index (χ0v) is 14.4. The van der Waals surface area contributed by atoms with E-state index in [0.29, 0.717) is 24.3 Å². The number of fused-ring (bicyclic) bond motifs is 2. The third kappa shape index (κ3) is 3.62. The van der Waals surface area contributed by atoms with Gasteiger partial charge in [-0.15, -0.1) is 11.3 Å². The van der Waals surface area contributed by atoms with Gasteiger partial charge in [0, 0.05) is 28.6 Å². The van der Waals surface area contributed by atoms with Crippen LogP contribution in [0.3, 0.4) is 0 Å². The van der Waals surface area contributed by atoms with Gasteiger partial charge >= 0.3 is 0 Å². The molecule has 126 valence electrons. The van der Waals surface area contributed by atoms with Crippen molar-refractivity contribution in [3.63, 3.8) is 0 Å². The highest BCUT2D eigenvalue weighted by Crippen LogP contribution is 2.27. The van der Waals surface area contributed by atoms with Crippen molar-refractivity contribution in [3.8, 4) is 5.75 Å². The maximum Gasteiger partial charge on any atom is 0.251 e. The maximum atomic E-state index is 12.5. The first-order valence-corrected chi connectivity index (χ1v) is 9.46. The van der Waals surface area contributed by atoms with Gasteiger partial charge in [-0.05, 0) is 55.3 Å². The Hall–Kier alpha value is -1.85. The first-order chi connectivity index (χ1) is 11.8. The van der Waals surface area contributed by atoms with Gasteiger partial charge in [0.1, 0.15) is 12.4 Å². The van der Waals surface area contributed by atoms with Crippen molar-refractivity contribution in [3.05, 3.63) is 52.2 Å². The lowest BCUT2D eigenvalue weighted by Gasteiger charge is -2.29. The molecule has 0 radical (unpaired) electrons. The fraction of sp³-hybridized carbons (Fsp3) is 0.421. The predicted octanol–water partition coefficient (Wildman–Crippen LogP) is 3.34. The summed E-state index contributed by atoms with van der Waals surface area (Å²) >= 11 is 1.67. The number of rotatable bonds is 5. The first-order valence-electron chi connectivity index (χ1n) is 8.58. The van der Waals surface area contributed by atoms with E-state index in [1.54, 1.807) is 11.3 Å². The molecule has 1 aromatic carbocycles. The van der Waals surface area contributed by atoms with Crippen LogP contribution in [0, 0.1) is 0 Å². The molecule has 4 rings (SSSR count). The molecular weight excluding hydrogens is 320 g/mol. The van der Waals surface area contributed by atoms with Gasteiger partial charge in [0.2, 0.25) is 0 Å². The van der Waals surface area contributed by atoms with E-state index in [-0.39, 0.29) is 11.9 Å². The third-order valence-corrected chi connectivity index (χ3v) is 5.72. The highest BCUT2D eigenvalue weighted by atomic mass is 32.1. The number of carbonyl (C=O) groups excluding carboxylic acids is 1. The quantitative estimate of drug-likeness (QED) is 0.876. The zero-order chi connectivity index (χ0) is 16.4. The van der Waals surface area contributed by atoms with Gasteiger partial charge < -0.3 is 15.4 Å². The highest BCUT2D eigenvalue weighted by Gasteiger charge is 2.34. The van der Waals surface area contributed by atoms with Crippen LogP contribution in [0.15, 0.2) is 41.8 Å². The van der Waals surface area contributed by atoms with Crippen LogP contribution < -0.4 is 15.4 Å². The topological polar surface area (TPSA) is 50.4 Å². The summed E-state index contributed by atoms with van der Waals surface area (Å²) in [5.41, 5.74) is 0.671. The van der Waals surface area contributed by atoms with Gasteiger partial charge in [0.05, 0.1) is 0 Å². The van der Waals surface area contributed by atoms with Crippen molar-refractivity contribution in [2.24, 2.45) is 0 Å². The summed E-state index contributed by atoms with van der Waals surface area (Å²) in [4.78, 5) is 13.7. The molecule has 0 spiro atoms. The maximum absolute atomic E-state index is 12.5. The summed E-state index contributed by atoms with van der Waals surface area (Å²) in [6.45, 7) is 0.542. The van der Waals surface area contributed by atoms with Crippen molar-refractivity contribution in [1.82, 2.24) is 10.6 Å². The lowest BCUT2D eigenvalue weighted by atomic mass is 9.99. The summed E-state index contributed by atoms with van der Waals surface area (Å²) in [5.74, 6) is 0.740. The number of thiophene rings is 1. The predicted molar refractivity (Wildman–Crippen MR) is 95.5 cm³/mol. The van der Waals surface area contributed by atoms with Crippen LogP contribution in [-0.4, -0.2) is 24.0 Å². The van der Waals surface area contributed by atoms with Crippen molar-refractivity contribution in [2.45, 2.75) is 50.4 Å². The fourth-order valence-corrected chi connectivity index (χ4v) is 4.34. The Morgan fingerprint density at radius 3 is 2.79 bits per heavy atom. The normalized spacial score (nSPS) is 25.4. The van der Waals surface area contributed by atoms with E-state index in [0.717, 1.165) is 18.6 Å². The number of hydrogen-bond donors (Lipinski definition) is 2. The minimum atomic E-state index is 0.00266. The monoisotopic (exact) mass is 342 g/mol. The molecule has 0 aliphatic carbocycles. The van der Waals surface area contributed by atoms with Gasteiger partial charge in [0.25, 0.3) is 5.91 Å². The van der Waals surface area contributed by atoms with Crippen LogP contribution in [-0.2, 0) is 6.61 Å². The van der Waals surface area contributed by atoms with Crippen molar-refractivity contribution in [2.75, 3.05) is 0 Å². The summed E-state index contributed by atoms with van der Waals surface area (Å²) < 4.78 is 5.80. The van der Waals surface area contributed by atoms with E-state index in [4.69, 9.17) is 4.74 Å². The Bertz CT molecular complexity index is 689. The summed E-state index contributed by atoms with van der Waals surface area (Å²) in [5, 5.41) is 8.84. The molecule has 2 atom stereocenters.